The zero-order chi connectivity index (χ0) is 7.11. The first-order valence-electron chi connectivity index (χ1n) is 4.31. The summed E-state index contributed by atoms with van der Waals surface area (Å²) in [5.41, 5.74) is 0. The fourth-order valence-electron chi connectivity index (χ4n) is 1.19. The second kappa shape index (κ2) is 9.00. The summed E-state index contributed by atoms with van der Waals surface area (Å²) in [4.78, 5) is 0. The zero-order valence-electron chi connectivity index (χ0n) is 7.11. The summed E-state index contributed by atoms with van der Waals surface area (Å²) in [7, 11) is 0. The average molecular weight is 144 g/mol. The first-order chi connectivity index (χ1) is 4.31. The van der Waals surface area contributed by atoms with E-state index in [1.54, 1.807) is 0 Å². The van der Waals surface area contributed by atoms with E-state index < -0.39 is 0 Å². The van der Waals surface area contributed by atoms with Crippen LogP contribution in [0.5, 0.6) is 0 Å². The third kappa shape index (κ3) is 8.00. The van der Waals surface area contributed by atoms with Crippen LogP contribution in [0, 0.1) is 5.92 Å². The van der Waals surface area contributed by atoms with E-state index in [0.717, 1.165) is 5.92 Å². The Morgan fingerprint density at radius 1 is 1.00 bits per heavy atom. The molecule has 0 unspecified atom stereocenters. The van der Waals surface area contributed by atoms with Crippen LogP contribution in [-0.2, 0) is 0 Å². The third-order valence-electron chi connectivity index (χ3n) is 1.83. The van der Waals surface area contributed by atoms with E-state index in [4.69, 9.17) is 0 Å². The predicted octanol–water partition coefficient (Wildman–Crippen LogP) is 4.25. The Hall–Kier alpha value is 0. The zero-order valence-corrected chi connectivity index (χ0v) is 7.11. The molecule has 0 N–H and O–H groups in total. The molecule has 0 aliphatic rings. The normalized spacial score (nSPS) is 12.3. The van der Waals surface area contributed by atoms with Crippen LogP contribution in [0.4, 0.5) is 0 Å². The van der Waals surface area contributed by atoms with Crippen molar-refractivity contribution in [2.24, 2.45) is 5.92 Å². The molecule has 0 rings (SSSR count). The first-order valence-corrected chi connectivity index (χ1v) is 4.31. The number of hydrogen-bond acceptors (Lipinski definition) is 0. The van der Waals surface area contributed by atoms with Crippen molar-refractivity contribution in [1.29, 1.82) is 0 Å². The molecular formula is C10H24. The van der Waals surface area contributed by atoms with Crippen LogP contribution in [-0.4, -0.2) is 0 Å². The fraction of sp³-hybridized carbons (Fsp3) is 1.00. The highest BCUT2D eigenvalue weighted by molar-refractivity contribution is 4.50. The van der Waals surface area contributed by atoms with Crippen molar-refractivity contribution in [3.8, 4) is 0 Å². The van der Waals surface area contributed by atoms with Gasteiger partial charge in [0.2, 0.25) is 0 Å². The van der Waals surface area contributed by atoms with Crippen LogP contribution >= 0.6 is 0 Å². The van der Waals surface area contributed by atoms with Crippen LogP contribution in [0.3, 0.4) is 0 Å². The second-order valence-corrected chi connectivity index (χ2v) is 3.04. The van der Waals surface area contributed by atoms with Gasteiger partial charge in [-0.1, -0.05) is 60.3 Å². The molecule has 0 saturated carbocycles. The maximum atomic E-state index is 2.36. The summed E-state index contributed by atoms with van der Waals surface area (Å²) in [6.45, 7) is 6.89. The van der Waals surface area contributed by atoms with Gasteiger partial charge in [0.1, 0.15) is 0 Å². The molecule has 0 amide bonds. The Kier molecular flexibility index (Phi) is 11.4. The van der Waals surface area contributed by atoms with E-state index in [1.165, 1.54) is 32.1 Å². The van der Waals surface area contributed by atoms with E-state index in [9.17, 15) is 0 Å². The van der Waals surface area contributed by atoms with Gasteiger partial charge in [-0.05, 0) is 5.92 Å². The summed E-state index contributed by atoms with van der Waals surface area (Å²) in [6.07, 6.45) is 6.98. The van der Waals surface area contributed by atoms with E-state index in [2.05, 4.69) is 20.8 Å². The molecule has 0 radical (unpaired) electrons. The van der Waals surface area contributed by atoms with Gasteiger partial charge in [0.05, 0.1) is 0 Å². The third-order valence-corrected chi connectivity index (χ3v) is 1.83. The van der Waals surface area contributed by atoms with Gasteiger partial charge in [-0.25, -0.2) is 0 Å². The minimum absolute atomic E-state index is 0. The lowest BCUT2D eigenvalue weighted by molar-refractivity contribution is 0.466. The maximum Gasteiger partial charge on any atom is -0.0443 e. The molecule has 0 aromatic rings. The second-order valence-electron chi connectivity index (χ2n) is 3.04. The van der Waals surface area contributed by atoms with Gasteiger partial charge in [0, 0.05) is 0 Å². The van der Waals surface area contributed by atoms with Gasteiger partial charge < -0.3 is 0 Å². The highest BCUT2D eigenvalue weighted by Gasteiger charge is 1.97. The molecular weight excluding hydrogens is 120 g/mol. The molecule has 0 saturated heterocycles. The van der Waals surface area contributed by atoms with Gasteiger partial charge in [-0.15, -0.1) is 0 Å². The fourth-order valence-corrected chi connectivity index (χ4v) is 1.19. The largest absolute Gasteiger partial charge is 0.0776 e. The average Bonchev–Trinajstić information content (AvgIpc) is 1.85. The monoisotopic (exact) mass is 144 g/mol. The maximum absolute atomic E-state index is 2.36. The summed E-state index contributed by atoms with van der Waals surface area (Å²) in [5, 5.41) is 0. The molecule has 0 aromatic carbocycles. The minimum atomic E-state index is 0. The quantitative estimate of drug-likeness (QED) is 0.541. The Labute approximate surface area is 67.0 Å². The molecule has 0 aliphatic heterocycles. The van der Waals surface area contributed by atoms with Crippen LogP contribution in [0.25, 0.3) is 0 Å². The molecule has 1 atom stereocenters. The molecule has 0 heteroatoms. The molecule has 0 fully saturated rings. The Bertz CT molecular complexity index is 48.0. The van der Waals surface area contributed by atoms with Crippen molar-refractivity contribution < 1.29 is 0 Å². The van der Waals surface area contributed by atoms with Crippen molar-refractivity contribution in [3.63, 3.8) is 0 Å². The van der Waals surface area contributed by atoms with Crippen LogP contribution in [0.2, 0.25) is 0 Å². The van der Waals surface area contributed by atoms with Crippen molar-refractivity contribution in [3.05, 3.63) is 0 Å². The number of hydrogen-bond donors (Lipinski definition) is 0. The smallest absolute Gasteiger partial charge is 0.0443 e. The predicted molar refractivity (Wildman–Crippen MR) is 50.3 cm³/mol. The molecule has 10 heavy (non-hydrogen) atoms. The highest BCUT2D eigenvalue weighted by Crippen LogP contribution is 2.12. The first kappa shape index (κ1) is 12.7. The number of unbranched alkanes of at least 4 members (excludes halogenated alkanes) is 1. The van der Waals surface area contributed by atoms with Crippen molar-refractivity contribution >= 4 is 0 Å². The SMILES string of the molecule is C.CCCC[C@@H](C)CCC. The van der Waals surface area contributed by atoms with Gasteiger partial charge in [0.25, 0.3) is 0 Å². The van der Waals surface area contributed by atoms with Crippen LogP contribution in [0.15, 0.2) is 0 Å². The van der Waals surface area contributed by atoms with E-state index >= 15 is 0 Å². The summed E-state index contributed by atoms with van der Waals surface area (Å²) in [6, 6.07) is 0. The van der Waals surface area contributed by atoms with Gasteiger partial charge >= 0.3 is 0 Å². The molecule has 0 aromatic heterocycles. The lowest BCUT2D eigenvalue weighted by Crippen LogP contribution is -1.92. The molecule has 0 bridgehead atoms. The molecule has 0 nitrogen and oxygen atoms in total. The van der Waals surface area contributed by atoms with Gasteiger partial charge in [0.15, 0.2) is 0 Å². The van der Waals surface area contributed by atoms with E-state index in [-0.39, 0.29) is 7.43 Å². The summed E-state index contributed by atoms with van der Waals surface area (Å²) in [5.74, 6) is 0.968. The van der Waals surface area contributed by atoms with E-state index in [1.807, 2.05) is 0 Å². The lowest BCUT2D eigenvalue weighted by Gasteiger charge is -2.07. The van der Waals surface area contributed by atoms with Gasteiger partial charge in [-0.3, -0.25) is 0 Å². The Balaban J connectivity index is 0. The molecule has 64 valence electrons. The minimum Gasteiger partial charge on any atom is -0.0776 e. The summed E-state index contributed by atoms with van der Waals surface area (Å²) < 4.78 is 0. The van der Waals surface area contributed by atoms with Crippen LogP contribution in [0.1, 0.15) is 60.3 Å². The van der Waals surface area contributed by atoms with Crippen LogP contribution < -0.4 is 0 Å². The Morgan fingerprint density at radius 3 is 2.00 bits per heavy atom. The van der Waals surface area contributed by atoms with Crippen molar-refractivity contribution in [1.82, 2.24) is 0 Å². The topological polar surface area (TPSA) is 0 Å². The molecule has 0 heterocycles. The standard InChI is InChI=1S/C9H20.CH4/c1-4-6-8-9(3)7-5-2;/h9H,4-8H2,1-3H3;1H4/t9-;/m0./s1. The molecule has 0 aliphatic carbocycles. The highest BCUT2D eigenvalue weighted by atomic mass is 14.0. The van der Waals surface area contributed by atoms with E-state index in [0.29, 0.717) is 0 Å². The summed E-state index contributed by atoms with van der Waals surface area (Å²) >= 11 is 0. The molecule has 0 spiro atoms. The van der Waals surface area contributed by atoms with Crippen molar-refractivity contribution in [2.45, 2.75) is 60.3 Å². The number of rotatable bonds is 5. The lowest BCUT2D eigenvalue weighted by atomic mass is 10.00. The Morgan fingerprint density at radius 2 is 1.60 bits per heavy atom. The van der Waals surface area contributed by atoms with Crippen molar-refractivity contribution in [2.75, 3.05) is 0 Å². The van der Waals surface area contributed by atoms with Gasteiger partial charge in [-0.2, -0.15) is 0 Å².